The summed E-state index contributed by atoms with van der Waals surface area (Å²) in [6.45, 7) is 0.588. The molecule has 1 saturated heterocycles. The fourth-order valence-electron chi connectivity index (χ4n) is 5.33. The van der Waals surface area contributed by atoms with E-state index < -0.39 is 12.3 Å². The third-order valence-electron chi connectivity index (χ3n) is 7.26. The third kappa shape index (κ3) is 3.79. The monoisotopic (exact) mass is 493 g/mol. The van der Waals surface area contributed by atoms with Gasteiger partial charge in [-0.25, -0.2) is 14.4 Å². The highest BCUT2D eigenvalue weighted by Crippen LogP contribution is 2.37. The van der Waals surface area contributed by atoms with Gasteiger partial charge in [-0.15, -0.1) is 0 Å². The number of pyridine rings is 1. The van der Waals surface area contributed by atoms with Crippen molar-refractivity contribution in [2.24, 2.45) is 0 Å². The van der Waals surface area contributed by atoms with Crippen LogP contribution in [-0.4, -0.2) is 73.7 Å². The fraction of sp³-hybridized carbons (Fsp3) is 0.440. The van der Waals surface area contributed by atoms with Gasteiger partial charge in [-0.05, 0) is 37.8 Å². The van der Waals surface area contributed by atoms with Crippen LogP contribution >= 0.6 is 0 Å². The molecule has 1 aliphatic carbocycles. The van der Waals surface area contributed by atoms with E-state index in [1.54, 1.807) is 17.8 Å². The molecule has 0 aromatic carbocycles. The molecule has 4 atom stereocenters. The zero-order valence-electron chi connectivity index (χ0n) is 19.9. The first-order valence-corrected chi connectivity index (χ1v) is 12.3. The molecule has 5 heterocycles. The molecule has 188 valence electrons. The van der Waals surface area contributed by atoms with E-state index in [0.717, 1.165) is 24.0 Å². The zero-order valence-corrected chi connectivity index (χ0v) is 19.9. The number of amides is 1. The number of nitrogens with one attached hydrogen (secondary N) is 2. The van der Waals surface area contributed by atoms with Crippen molar-refractivity contribution >= 4 is 17.4 Å². The first-order valence-electron chi connectivity index (χ1n) is 12.3. The van der Waals surface area contributed by atoms with Crippen LogP contribution in [0.2, 0.25) is 0 Å². The summed E-state index contributed by atoms with van der Waals surface area (Å²) < 4.78 is 23.4. The average molecular weight is 494 g/mol. The maximum Gasteiger partial charge on any atom is 0.257 e. The molecule has 0 bridgehead atoms. The quantitative estimate of drug-likeness (QED) is 0.391. The Morgan fingerprint density at radius 2 is 2.14 bits per heavy atom. The van der Waals surface area contributed by atoms with Gasteiger partial charge < -0.3 is 25.0 Å². The first-order chi connectivity index (χ1) is 17.5. The predicted octanol–water partition coefficient (Wildman–Crippen LogP) is 2.68. The van der Waals surface area contributed by atoms with Gasteiger partial charge in [-0.2, -0.15) is 9.61 Å². The number of hydrogen-bond donors (Lipinski definition) is 3. The summed E-state index contributed by atoms with van der Waals surface area (Å²) >= 11 is 0. The number of alkyl halides is 1. The molecular weight excluding hydrogens is 465 g/mol. The Bertz CT molecular complexity index is 1390. The molecule has 0 spiro atoms. The van der Waals surface area contributed by atoms with Gasteiger partial charge in [0.2, 0.25) is 0 Å². The smallest absolute Gasteiger partial charge is 0.257 e. The molecule has 36 heavy (non-hydrogen) atoms. The molecule has 10 nitrogen and oxygen atoms in total. The van der Waals surface area contributed by atoms with E-state index in [9.17, 15) is 14.3 Å². The Morgan fingerprint density at radius 1 is 1.25 bits per heavy atom. The van der Waals surface area contributed by atoms with Gasteiger partial charge in [0.15, 0.2) is 5.65 Å². The zero-order chi connectivity index (χ0) is 24.8. The summed E-state index contributed by atoms with van der Waals surface area (Å²) in [4.78, 5) is 22.5. The SMILES string of the molecule is CNc1cc(-c2cnc3n([C@H]4CCOC[C@H]4F)cccc2-3)nc2c(C(=O)N[C@@H]3CCC[C@@H]3O)cnn12. The number of ether oxygens (including phenoxy) is 1. The van der Waals surface area contributed by atoms with Gasteiger partial charge in [-0.3, -0.25) is 4.79 Å². The van der Waals surface area contributed by atoms with Crippen LogP contribution in [0.25, 0.3) is 28.3 Å². The van der Waals surface area contributed by atoms with Crippen LogP contribution < -0.4 is 10.6 Å². The van der Waals surface area contributed by atoms with Crippen molar-refractivity contribution in [2.45, 2.75) is 50.0 Å². The van der Waals surface area contributed by atoms with E-state index >= 15 is 0 Å². The van der Waals surface area contributed by atoms with Crippen molar-refractivity contribution in [1.29, 1.82) is 0 Å². The molecule has 6 rings (SSSR count). The van der Waals surface area contributed by atoms with E-state index in [0.29, 0.717) is 48.0 Å². The molecule has 1 saturated carbocycles. The number of carbonyl (C=O) groups is 1. The Morgan fingerprint density at radius 3 is 2.92 bits per heavy atom. The molecule has 0 radical (unpaired) electrons. The lowest BCUT2D eigenvalue weighted by Gasteiger charge is -2.29. The van der Waals surface area contributed by atoms with Crippen LogP contribution in [0.3, 0.4) is 0 Å². The van der Waals surface area contributed by atoms with E-state index in [-0.39, 0.29) is 24.6 Å². The van der Waals surface area contributed by atoms with Gasteiger partial charge in [0, 0.05) is 43.2 Å². The summed E-state index contributed by atoms with van der Waals surface area (Å²) in [7, 11) is 1.77. The summed E-state index contributed by atoms with van der Waals surface area (Å²) in [5, 5.41) is 20.6. The van der Waals surface area contributed by atoms with Crippen molar-refractivity contribution in [1.82, 2.24) is 29.5 Å². The lowest BCUT2D eigenvalue weighted by atomic mass is 10.0. The number of fused-ring (bicyclic) bond motifs is 2. The normalized spacial score (nSPS) is 24.4. The van der Waals surface area contributed by atoms with Gasteiger partial charge in [-0.1, -0.05) is 0 Å². The fourth-order valence-corrected chi connectivity index (χ4v) is 5.33. The van der Waals surface area contributed by atoms with Crippen LogP contribution in [0.1, 0.15) is 42.1 Å². The highest BCUT2D eigenvalue weighted by atomic mass is 19.1. The molecule has 3 N–H and O–H groups in total. The standard InChI is InChI=1S/C25H28FN7O3/c1-27-22-10-19(30-24-16(12-29-33(22)24)25(35)31-18-5-2-6-21(18)34)15-11-28-23-14(15)4-3-8-32(23)20-7-9-36-13-17(20)26/h3-4,8,10-12,17-18,20-21,27,34H,2,5-7,9,13H2,1H3,(H,31,35)/t17-,18-,20+,21+/m1/s1. The number of halogens is 1. The number of aliphatic hydroxyl groups excluding tert-OH is 1. The average Bonchev–Trinajstić information content (AvgIpc) is 3.62. The third-order valence-corrected chi connectivity index (χ3v) is 7.26. The Labute approximate surface area is 206 Å². The van der Waals surface area contributed by atoms with Crippen LogP contribution in [0.4, 0.5) is 10.2 Å². The number of carbonyl (C=O) groups excluding carboxylic acids is 1. The van der Waals surface area contributed by atoms with Crippen LogP contribution in [0, 0.1) is 0 Å². The van der Waals surface area contributed by atoms with Gasteiger partial charge in [0.05, 0.1) is 36.7 Å². The van der Waals surface area contributed by atoms with E-state index in [1.165, 1.54) is 6.20 Å². The Hall–Kier alpha value is -3.57. The summed E-state index contributed by atoms with van der Waals surface area (Å²) in [6, 6.07) is 5.06. The Kier molecular flexibility index (Phi) is 5.81. The van der Waals surface area contributed by atoms with Gasteiger partial charge in [0.25, 0.3) is 5.91 Å². The lowest BCUT2D eigenvalue weighted by molar-refractivity contribution is 0.00346. The number of rotatable bonds is 5. The second-order valence-electron chi connectivity index (χ2n) is 9.42. The second kappa shape index (κ2) is 9.14. The maximum atomic E-state index is 14.7. The molecule has 0 unspecified atom stereocenters. The minimum absolute atomic E-state index is 0.0787. The summed E-state index contributed by atoms with van der Waals surface area (Å²) in [5.41, 5.74) is 2.96. The molecular formula is C25H28FN7O3. The molecule has 4 aliphatic rings. The van der Waals surface area contributed by atoms with Crippen molar-refractivity contribution in [3.05, 3.63) is 42.4 Å². The van der Waals surface area contributed by atoms with Gasteiger partial charge >= 0.3 is 0 Å². The first kappa shape index (κ1) is 22.9. The number of nitrogens with zero attached hydrogens (tertiary/aromatic N) is 5. The minimum atomic E-state index is -1.11. The lowest BCUT2D eigenvalue weighted by Crippen LogP contribution is -2.39. The molecule has 1 amide bonds. The number of anilines is 1. The topological polar surface area (TPSA) is 119 Å². The van der Waals surface area contributed by atoms with E-state index in [1.807, 2.05) is 29.0 Å². The number of hydrogen-bond acceptors (Lipinski definition) is 7. The molecule has 2 aromatic heterocycles. The van der Waals surface area contributed by atoms with Crippen LogP contribution in [-0.2, 0) is 4.74 Å². The Balaban J connectivity index is 1.39. The molecule has 2 fully saturated rings. The van der Waals surface area contributed by atoms with Gasteiger partial charge in [0.1, 0.15) is 23.4 Å². The van der Waals surface area contributed by atoms with Crippen LogP contribution in [0.5, 0.6) is 0 Å². The van der Waals surface area contributed by atoms with E-state index in [4.69, 9.17) is 9.72 Å². The maximum absolute atomic E-state index is 14.7. The minimum Gasteiger partial charge on any atom is -0.391 e. The van der Waals surface area contributed by atoms with Crippen molar-refractivity contribution in [3.8, 4) is 22.6 Å². The molecule has 2 aromatic rings. The highest BCUT2D eigenvalue weighted by molar-refractivity contribution is 6.00. The largest absolute Gasteiger partial charge is 0.391 e. The molecule has 3 aliphatic heterocycles. The number of aliphatic hydroxyl groups is 1. The van der Waals surface area contributed by atoms with Crippen molar-refractivity contribution < 1.29 is 19.0 Å². The van der Waals surface area contributed by atoms with E-state index in [2.05, 4.69) is 20.7 Å². The second-order valence-corrected chi connectivity index (χ2v) is 9.42. The summed E-state index contributed by atoms with van der Waals surface area (Å²) in [6.07, 6.45) is 6.31. The summed E-state index contributed by atoms with van der Waals surface area (Å²) in [5.74, 6) is 1.01. The van der Waals surface area contributed by atoms with Crippen LogP contribution in [0.15, 0.2) is 36.8 Å². The highest BCUT2D eigenvalue weighted by Gasteiger charge is 2.31. The number of aromatic nitrogens is 5. The van der Waals surface area contributed by atoms with Crippen molar-refractivity contribution in [2.75, 3.05) is 25.6 Å². The van der Waals surface area contributed by atoms with Crippen molar-refractivity contribution in [3.63, 3.8) is 0 Å². The predicted molar refractivity (Wildman–Crippen MR) is 131 cm³/mol. The molecule has 11 heteroatoms.